The molecule has 0 aromatic carbocycles. The van der Waals surface area contributed by atoms with Crippen LogP contribution in [-0.4, -0.2) is 21.8 Å². The van der Waals surface area contributed by atoms with Crippen LogP contribution >= 0.6 is 0 Å². The van der Waals surface area contributed by atoms with Crippen molar-refractivity contribution in [3.63, 3.8) is 0 Å². The van der Waals surface area contributed by atoms with Crippen LogP contribution in [0.5, 0.6) is 0 Å². The molecule has 0 N–H and O–H groups in total. The Balaban J connectivity index is 4.05. The van der Waals surface area contributed by atoms with E-state index in [9.17, 15) is 0 Å². The minimum Gasteiger partial charge on any atom is -0.380 e. The molecule has 0 aliphatic carbocycles. The van der Waals surface area contributed by atoms with Gasteiger partial charge >= 0.3 is 0 Å². The number of methoxy groups -OCH3 is 1. The first kappa shape index (κ1) is 16.7. The van der Waals surface area contributed by atoms with E-state index in [1.54, 1.807) is 7.11 Å². The smallest absolute Gasteiger partial charge is 0.0687 e. The van der Waals surface area contributed by atoms with E-state index in [0.29, 0.717) is 0 Å². The van der Waals surface area contributed by atoms with E-state index < -0.39 is 8.07 Å². The lowest BCUT2D eigenvalue weighted by atomic mass is 10.1. The molecule has 0 bridgehead atoms. The Labute approximate surface area is 109 Å². The van der Waals surface area contributed by atoms with Gasteiger partial charge in [0.1, 0.15) is 0 Å². The summed E-state index contributed by atoms with van der Waals surface area (Å²) in [6.07, 6.45) is 10.9. The highest BCUT2D eigenvalue weighted by atomic mass is 28.3. The molecule has 0 atom stereocenters. The first-order valence-corrected chi connectivity index (χ1v) is 10.4. The zero-order valence-corrected chi connectivity index (χ0v) is 13.4. The molecule has 0 rings (SSSR count). The number of hydrogen-bond acceptors (Lipinski definition) is 1. The Kier molecular flexibility index (Phi) is 9.47. The first-order valence-electron chi connectivity index (χ1n) is 6.84. The normalized spacial score (nSPS) is 13.6. The average molecular weight is 254 g/mol. The third-order valence-corrected chi connectivity index (χ3v) is 3.76. The van der Waals surface area contributed by atoms with Gasteiger partial charge in [0.2, 0.25) is 0 Å². The largest absolute Gasteiger partial charge is 0.380 e. The van der Waals surface area contributed by atoms with Gasteiger partial charge in [-0.05, 0) is 24.8 Å². The highest BCUT2D eigenvalue weighted by Gasteiger charge is 2.10. The molecule has 0 aliphatic heterocycles. The fourth-order valence-corrected chi connectivity index (χ4v) is 3.25. The van der Waals surface area contributed by atoms with Crippen molar-refractivity contribution in [1.82, 2.24) is 0 Å². The van der Waals surface area contributed by atoms with Crippen LogP contribution < -0.4 is 0 Å². The molecule has 0 saturated carbocycles. The van der Waals surface area contributed by atoms with Gasteiger partial charge in [-0.25, -0.2) is 0 Å². The lowest BCUT2D eigenvalue weighted by molar-refractivity contribution is 0.224. The van der Waals surface area contributed by atoms with Crippen molar-refractivity contribution >= 4 is 8.07 Å². The molecule has 0 aromatic heterocycles. The molecule has 0 radical (unpaired) electrons. The molecule has 2 heteroatoms. The minimum atomic E-state index is -1.11. The average Bonchev–Trinajstić information content (AvgIpc) is 2.21. The minimum absolute atomic E-state index is 0.781. The first-order chi connectivity index (χ1) is 7.99. The molecule has 0 spiro atoms. The second kappa shape index (κ2) is 9.66. The van der Waals surface area contributed by atoms with Crippen molar-refractivity contribution in [3.05, 3.63) is 23.4 Å². The summed E-state index contributed by atoms with van der Waals surface area (Å²) >= 11 is 0. The Bertz CT molecular complexity index is 236. The van der Waals surface area contributed by atoms with Gasteiger partial charge < -0.3 is 4.74 Å². The van der Waals surface area contributed by atoms with Crippen molar-refractivity contribution in [1.29, 1.82) is 0 Å². The van der Waals surface area contributed by atoms with Gasteiger partial charge in [0.25, 0.3) is 0 Å². The van der Waals surface area contributed by atoms with E-state index >= 15 is 0 Å². The SMILES string of the molecule is CCCCC/C=C/C/C(=C\[Si](C)(C)C)COC. The standard InChI is InChI=1S/C15H30OSi/c1-6-7-8-9-10-11-12-15(13-16-2)14-17(3,4)5/h10-11,14H,6-9,12-13H2,1-5H3/b11-10+,15-14+. The predicted octanol–water partition coefficient (Wildman–Crippen LogP) is 4.96. The Hall–Kier alpha value is -0.343. The second-order valence-corrected chi connectivity index (χ2v) is 10.8. The summed E-state index contributed by atoms with van der Waals surface area (Å²) < 4.78 is 5.27. The lowest BCUT2D eigenvalue weighted by Gasteiger charge is -2.13. The molecule has 17 heavy (non-hydrogen) atoms. The summed E-state index contributed by atoms with van der Waals surface area (Å²) in [4.78, 5) is 0. The topological polar surface area (TPSA) is 9.23 Å². The van der Waals surface area contributed by atoms with Crippen LogP contribution in [0.25, 0.3) is 0 Å². The highest BCUT2D eigenvalue weighted by molar-refractivity contribution is 6.81. The molecule has 0 fully saturated rings. The van der Waals surface area contributed by atoms with Crippen LogP contribution in [0.3, 0.4) is 0 Å². The van der Waals surface area contributed by atoms with Gasteiger partial charge in [0.05, 0.1) is 14.7 Å². The molecule has 0 saturated heterocycles. The van der Waals surface area contributed by atoms with Gasteiger partial charge in [-0.15, -0.1) is 0 Å². The molecule has 1 nitrogen and oxygen atoms in total. The van der Waals surface area contributed by atoms with Gasteiger partial charge in [-0.1, -0.05) is 57.3 Å². The van der Waals surface area contributed by atoms with Crippen molar-refractivity contribution in [2.75, 3.05) is 13.7 Å². The maximum Gasteiger partial charge on any atom is 0.0687 e. The summed E-state index contributed by atoms with van der Waals surface area (Å²) in [6, 6.07) is 0. The van der Waals surface area contributed by atoms with E-state index in [4.69, 9.17) is 4.74 Å². The summed E-state index contributed by atoms with van der Waals surface area (Å²) in [5, 5.41) is 0. The van der Waals surface area contributed by atoms with E-state index in [1.165, 1.54) is 31.3 Å². The van der Waals surface area contributed by atoms with Crippen molar-refractivity contribution in [2.24, 2.45) is 0 Å². The summed E-state index contributed by atoms with van der Waals surface area (Å²) in [6.45, 7) is 10.1. The third-order valence-electron chi connectivity index (χ3n) is 2.49. The molecule has 0 unspecified atom stereocenters. The maximum atomic E-state index is 5.27. The number of ether oxygens (including phenoxy) is 1. The number of hydrogen-bond donors (Lipinski definition) is 0. The summed E-state index contributed by atoms with van der Waals surface area (Å²) in [5.41, 5.74) is 3.91. The Morgan fingerprint density at radius 1 is 1.12 bits per heavy atom. The fourth-order valence-electron chi connectivity index (χ4n) is 1.82. The van der Waals surface area contributed by atoms with E-state index in [-0.39, 0.29) is 0 Å². The second-order valence-electron chi connectivity index (χ2n) is 5.77. The Morgan fingerprint density at radius 2 is 1.82 bits per heavy atom. The van der Waals surface area contributed by atoms with Gasteiger partial charge in [-0.2, -0.15) is 0 Å². The third kappa shape index (κ3) is 11.9. The van der Waals surface area contributed by atoms with E-state index in [0.717, 1.165) is 13.0 Å². The molecule has 0 amide bonds. The van der Waals surface area contributed by atoms with Crippen molar-refractivity contribution < 1.29 is 4.74 Å². The van der Waals surface area contributed by atoms with Crippen LogP contribution in [0.2, 0.25) is 19.6 Å². The van der Waals surface area contributed by atoms with Crippen LogP contribution in [0.1, 0.15) is 39.0 Å². The Morgan fingerprint density at radius 3 is 2.35 bits per heavy atom. The van der Waals surface area contributed by atoms with E-state index in [2.05, 4.69) is 44.4 Å². The van der Waals surface area contributed by atoms with Gasteiger partial charge in [-0.3, -0.25) is 0 Å². The lowest BCUT2D eigenvalue weighted by Crippen LogP contribution is -2.17. The molecular weight excluding hydrogens is 224 g/mol. The van der Waals surface area contributed by atoms with E-state index in [1.807, 2.05) is 0 Å². The molecule has 0 aliphatic rings. The van der Waals surface area contributed by atoms with Gasteiger partial charge in [0, 0.05) is 7.11 Å². The van der Waals surface area contributed by atoms with Crippen LogP contribution in [0, 0.1) is 0 Å². The molecule has 100 valence electrons. The monoisotopic (exact) mass is 254 g/mol. The predicted molar refractivity (Wildman–Crippen MR) is 81.2 cm³/mol. The highest BCUT2D eigenvalue weighted by Crippen LogP contribution is 2.12. The van der Waals surface area contributed by atoms with Crippen LogP contribution in [0.15, 0.2) is 23.4 Å². The zero-order valence-electron chi connectivity index (χ0n) is 12.4. The quantitative estimate of drug-likeness (QED) is 0.321. The molecular formula is C15H30OSi. The van der Waals surface area contributed by atoms with Crippen LogP contribution in [0.4, 0.5) is 0 Å². The maximum absolute atomic E-state index is 5.27. The number of allylic oxidation sites excluding steroid dienone is 2. The molecule has 0 heterocycles. The summed E-state index contributed by atoms with van der Waals surface area (Å²) in [7, 11) is 0.666. The van der Waals surface area contributed by atoms with Crippen molar-refractivity contribution in [2.45, 2.75) is 58.7 Å². The number of rotatable bonds is 9. The fraction of sp³-hybridized carbons (Fsp3) is 0.733. The van der Waals surface area contributed by atoms with Crippen LogP contribution in [-0.2, 0) is 4.74 Å². The van der Waals surface area contributed by atoms with Crippen molar-refractivity contribution in [3.8, 4) is 0 Å². The van der Waals surface area contributed by atoms with Gasteiger partial charge in [0.15, 0.2) is 0 Å². The zero-order chi connectivity index (χ0) is 13.1. The summed E-state index contributed by atoms with van der Waals surface area (Å²) in [5.74, 6) is 0. The molecule has 0 aromatic rings. The number of unbranched alkanes of at least 4 members (excludes halogenated alkanes) is 3.